The second-order valence-corrected chi connectivity index (χ2v) is 5.08. The summed E-state index contributed by atoms with van der Waals surface area (Å²) in [4.78, 5) is 11.7. The Morgan fingerprint density at radius 2 is 2.00 bits per heavy atom. The molecule has 0 saturated heterocycles. The molecule has 0 radical (unpaired) electrons. The molecule has 0 heterocycles. The van der Waals surface area contributed by atoms with Gasteiger partial charge in [0.05, 0.1) is 0 Å². The fourth-order valence-corrected chi connectivity index (χ4v) is 2.62. The summed E-state index contributed by atoms with van der Waals surface area (Å²) in [6, 6.07) is 7.40. The topological polar surface area (TPSA) is 55.1 Å². The molecule has 1 aromatic rings. The lowest BCUT2D eigenvalue weighted by atomic mass is 9.81. The molecular formula is C13H17ClN2O. The van der Waals surface area contributed by atoms with Gasteiger partial charge < -0.3 is 11.1 Å². The van der Waals surface area contributed by atoms with Crippen LogP contribution in [0.3, 0.4) is 0 Å². The van der Waals surface area contributed by atoms with Crippen LogP contribution in [0.15, 0.2) is 24.3 Å². The van der Waals surface area contributed by atoms with E-state index >= 15 is 0 Å². The first-order valence-corrected chi connectivity index (χ1v) is 6.34. The molecule has 0 aliphatic heterocycles. The lowest BCUT2D eigenvalue weighted by molar-refractivity contribution is -0.123. The fourth-order valence-electron chi connectivity index (χ4n) is 2.43. The van der Waals surface area contributed by atoms with Crippen molar-refractivity contribution in [2.45, 2.75) is 37.6 Å². The third-order valence-corrected chi connectivity index (χ3v) is 3.62. The van der Waals surface area contributed by atoms with E-state index in [0.29, 0.717) is 5.02 Å². The number of hydrogen-bond acceptors (Lipinski definition) is 2. The van der Waals surface area contributed by atoms with Crippen molar-refractivity contribution in [3.05, 3.63) is 29.3 Å². The Kier molecular flexibility index (Phi) is 3.57. The van der Waals surface area contributed by atoms with Crippen LogP contribution in [0.25, 0.3) is 0 Å². The maximum atomic E-state index is 11.7. The SMILES string of the molecule is NC(=O)C1(Nc2cccc(Cl)c2)CCCCC1. The molecule has 0 atom stereocenters. The number of halogens is 1. The number of rotatable bonds is 3. The smallest absolute Gasteiger partial charge is 0.243 e. The van der Waals surface area contributed by atoms with E-state index in [4.69, 9.17) is 17.3 Å². The van der Waals surface area contributed by atoms with Crippen LogP contribution >= 0.6 is 11.6 Å². The van der Waals surface area contributed by atoms with E-state index < -0.39 is 5.54 Å². The summed E-state index contributed by atoms with van der Waals surface area (Å²) in [5.74, 6) is -0.267. The number of nitrogens with two attached hydrogens (primary N) is 1. The van der Waals surface area contributed by atoms with Crippen molar-refractivity contribution in [3.63, 3.8) is 0 Å². The van der Waals surface area contributed by atoms with E-state index in [2.05, 4.69) is 5.32 Å². The van der Waals surface area contributed by atoms with E-state index in [0.717, 1.165) is 31.4 Å². The van der Waals surface area contributed by atoms with Gasteiger partial charge in [0.1, 0.15) is 5.54 Å². The zero-order valence-electron chi connectivity index (χ0n) is 9.71. The monoisotopic (exact) mass is 252 g/mol. The van der Waals surface area contributed by atoms with Gasteiger partial charge in [0.15, 0.2) is 0 Å². The number of amides is 1. The number of primary amides is 1. The molecule has 1 saturated carbocycles. The number of benzene rings is 1. The number of carbonyl (C=O) groups is 1. The second-order valence-electron chi connectivity index (χ2n) is 4.64. The van der Waals surface area contributed by atoms with Gasteiger partial charge in [-0.25, -0.2) is 0 Å². The molecule has 0 unspecified atom stereocenters. The van der Waals surface area contributed by atoms with Gasteiger partial charge in [-0.05, 0) is 31.0 Å². The lowest BCUT2D eigenvalue weighted by Gasteiger charge is -2.36. The molecule has 0 spiro atoms. The molecule has 1 aliphatic rings. The molecule has 3 nitrogen and oxygen atoms in total. The van der Waals surface area contributed by atoms with Crippen molar-refractivity contribution in [2.24, 2.45) is 5.73 Å². The number of hydrogen-bond donors (Lipinski definition) is 2. The van der Waals surface area contributed by atoms with Crippen LogP contribution in [0, 0.1) is 0 Å². The van der Waals surface area contributed by atoms with Crippen molar-refractivity contribution >= 4 is 23.2 Å². The molecule has 3 N–H and O–H groups in total. The minimum absolute atomic E-state index is 0.267. The molecule has 0 bridgehead atoms. The molecule has 1 amide bonds. The third kappa shape index (κ3) is 2.72. The van der Waals surface area contributed by atoms with E-state index in [-0.39, 0.29) is 5.91 Å². The fraction of sp³-hybridized carbons (Fsp3) is 0.462. The average Bonchev–Trinajstić information content (AvgIpc) is 2.30. The Hall–Kier alpha value is -1.22. The van der Waals surface area contributed by atoms with Gasteiger partial charge in [0.25, 0.3) is 0 Å². The van der Waals surface area contributed by atoms with Gasteiger partial charge in [-0.2, -0.15) is 0 Å². The normalized spacial score (nSPS) is 18.6. The minimum atomic E-state index is -0.594. The van der Waals surface area contributed by atoms with Crippen molar-refractivity contribution in [3.8, 4) is 0 Å². The average molecular weight is 253 g/mol. The minimum Gasteiger partial charge on any atom is -0.371 e. The quantitative estimate of drug-likeness (QED) is 0.869. The predicted octanol–water partition coefficient (Wildman–Crippen LogP) is 2.94. The van der Waals surface area contributed by atoms with Crippen molar-refractivity contribution in [2.75, 3.05) is 5.32 Å². The third-order valence-electron chi connectivity index (χ3n) is 3.39. The Bertz CT molecular complexity index is 414. The summed E-state index contributed by atoms with van der Waals surface area (Å²) < 4.78 is 0. The van der Waals surface area contributed by atoms with E-state index in [1.54, 1.807) is 0 Å². The highest BCUT2D eigenvalue weighted by Gasteiger charge is 2.37. The molecule has 92 valence electrons. The molecule has 1 fully saturated rings. The van der Waals surface area contributed by atoms with Crippen molar-refractivity contribution in [1.29, 1.82) is 0 Å². The van der Waals surface area contributed by atoms with Crippen molar-refractivity contribution < 1.29 is 4.79 Å². The predicted molar refractivity (Wildman–Crippen MR) is 70.1 cm³/mol. The Balaban J connectivity index is 2.20. The van der Waals surface area contributed by atoms with Gasteiger partial charge in [0, 0.05) is 10.7 Å². The first-order valence-electron chi connectivity index (χ1n) is 5.96. The highest BCUT2D eigenvalue weighted by Crippen LogP contribution is 2.32. The van der Waals surface area contributed by atoms with Crippen LogP contribution in [-0.2, 0) is 4.79 Å². The van der Waals surface area contributed by atoms with Gasteiger partial charge >= 0.3 is 0 Å². The second kappa shape index (κ2) is 4.96. The zero-order chi connectivity index (χ0) is 12.3. The van der Waals surface area contributed by atoms with E-state index in [1.807, 2.05) is 24.3 Å². The van der Waals surface area contributed by atoms with Crippen LogP contribution in [0.5, 0.6) is 0 Å². The van der Waals surface area contributed by atoms with Gasteiger partial charge in [-0.15, -0.1) is 0 Å². The molecule has 1 aliphatic carbocycles. The van der Waals surface area contributed by atoms with Crippen LogP contribution < -0.4 is 11.1 Å². The summed E-state index contributed by atoms with van der Waals surface area (Å²) >= 11 is 5.93. The summed E-state index contributed by atoms with van der Waals surface area (Å²) in [6.07, 6.45) is 4.85. The number of carbonyl (C=O) groups excluding carboxylic acids is 1. The highest BCUT2D eigenvalue weighted by molar-refractivity contribution is 6.30. The van der Waals surface area contributed by atoms with E-state index in [1.165, 1.54) is 6.42 Å². The molecule has 1 aromatic carbocycles. The summed E-state index contributed by atoms with van der Waals surface area (Å²) in [6.45, 7) is 0. The Morgan fingerprint density at radius 1 is 1.29 bits per heavy atom. The van der Waals surface area contributed by atoms with Crippen LogP contribution in [-0.4, -0.2) is 11.4 Å². The van der Waals surface area contributed by atoms with Gasteiger partial charge in [-0.3, -0.25) is 4.79 Å². The van der Waals surface area contributed by atoms with Gasteiger partial charge in [0.2, 0.25) is 5.91 Å². The van der Waals surface area contributed by atoms with Gasteiger partial charge in [-0.1, -0.05) is 36.9 Å². The first kappa shape index (κ1) is 12.2. The standard InChI is InChI=1S/C13H17ClN2O/c14-10-5-4-6-11(9-10)16-13(12(15)17)7-2-1-3-8-13/h4-6,9,16H,1-3,7-8H2,(H2,15,17). The maximum absolute atomic E-state index is 11.7. The molecule has 4 heteroatoms. The molecule has 2 rings (SSSR count). The summed E-state index contributed by atoms with van der Waals surface area (Å²) in [5.41, 5.74) is 5.82. The Labute approximate surface area is 106 Å². The highest BCUT2D eigenvalue weighted by atomic mass is 35.5. The molecule has 0 aromatic heterocycles. The molecular weight excluding hydrogens is 236 g/mol. The van der Waals surface area contributed by atoms with Crippen molar-refractivity contribution in [1.82, 2.24) is 0 Å². The number of nitrogens with one attached hydrogen (secondary N) is 1. The zero-order valence-corrected chi connectivity index (χ0v) is 10.5. The Morgan fingerprint density at radius 3 is 2.59 bits per heavy atom. The largest absolute Gasteiger partial charge is 0.371 e. The van der Waals surface area contributed by atoms with Crippen LogP contribution in [0.2, 0.25) is 5.02 Å². The van der Waals surface area contributed by atoms with Crippen LogP contribution in [0.4, 0.5) is 5.69 Å². The first-order chi connectivity index (χ1) is 8.12. The number of anilines is 1. The van der Waals surface area contributed by atoms with Crippen LogP contribution in [0.1, 0.15) is 32.1 Å². The summed E-state index contributed by atoms with van der Waals surface area (Å²) in [7, 11) is 0. The van der Waals surface area contributed by atoms with E-state index in [9.17, 15) is 4.79 Å². The summed E-state index contributed by atoms with van der Waals surface area (Å²) in [5, 5.41) is 3.93. The maximum Gasteiger partial charge on any atom is 0.243 e. The lowest BCUT2D eigenvalue weighted by Crippen LogP contribution is -2.51. The molecule has 17 heavy (non-hydrogen) atoms.